The maximum absolute atomic E-state index is 5.42. The SMILES string of the molecule is Cc1c(NN)ncnc1N(C)C(C)C(C)(C)C. The Balaban J connectivity index is 3.08. The lowest BCUT2D eigenvalue weighted by atomic mass is 9.87. The van der Waals surface area contributed by atoms with Crippen LogP contribution in [0.15, 0.2) is 6.33 Å². The van der Waals surface area contributed by atoms with Gasteiger partial charge < -0.3 is 10.3 Å². The summed E-state index contributed by atoms with van der Waals surface area (Å²) in [5.74, 6) is 7.00. The minimum atomic E-state index is 0.183. The molecule has 1 aromatic heterocycles. The molecule has 0 amide bonds. The number of hydrogen-bond acceptors (Lipinski definition) is 5. The lowest BCUT2D eigenvalue weighted by Gasteiger charge is -2.36. The van der Waals surface area contributed by atoms with Gasteiger partial charge in [-0.3, -0.25) is 0 Å². The molecule has 0 aliphatic rings. The minimum absolute atomic E-state index is 0.183. The molecule has 0 aliphatic carbocycles. The molecule has 0 fully saturated rings. The van der Waals surface area contributed by atoms with Crippen molar-refractivity contribution in [3.8, 4) is 0 Å². The quantitative estimate of drug-likeness (QED) is 0.621. The summed E-state index contributed by atoms with van der Waals surface area (Å²) >= 11 is 0. The highest BCUT2D eigenvalue weighted by Gasteiger charge is 2.26. The van der Waals surface area contributed by atoms with Crippen LogP contribution < -0.4 is 16.2 Å². The molecule has 0 spiro atoms. The van der Waals surface area contributed by atoms with Crippen molar-refractivity contribution in [1.82, 2.24) is 9.97 Å². The van der Waals surface area contributed by atoms with Gasteiger partial charge in [-0.15, -0.1) is 0 Å². The summed E-state index contributed by atoms with van der Waals surface area (Å²) in [6, 6.07) is 0.363. The van der Waals surface area contributed by atoms with E-state index in [9.17, 15) is 0 Å². The first-order chi connectivity index (χ1) is 7.79. The first kappa shape index (κ1) is 13.7. The maximum atomic E-state index is 5.42. The summed E-state index contributed by atoms with van der Waals surface area (Å²) in [5, 5.41) is 0. The van der Waals surface area contributed by atoms with Crippen LogP contribution in [0.4, 0.5) is 11.6 Å². The number of rotatable bonds is 3. The molecule has 3 N–H and O–H groups in total. The van der Waals surface area contributed by atoms with Crippen LogP contribution in [-0.2, 0) is 0 Å². The van der Waals surface area contributed by atoms with E-state index in [1.54, 1.807) is 0 Å². The molecule has 0 radical (unpaired) electrons. The Morgan fingerprint density at radius 2 is 1.94 bits per heavy atom. The van der Waals surface area contributed by atoms with Gasteiger partial charge in [0.05, 0.1) is 0 Å². The van der Waals surface area contributed by atoms with Gasteiger partial charge in [0, 0.05) is 18.7 Å². The second-order valence-electron chi connectivity index (χ2n) is 5.47. The Hall–Kier alpha value is -1.36. The first-order valence-corrected chi connectivity index (χ1v) is 5.80. The van der Waals surface area contributed by atoms with E-state index in [1.807, 2.05) is 14.0 Å². The summed E-state index contributed by atoms with van der Waals surface area (Å²) in [5.41, 5.74) is 3.74. The zero-order chi connectivity index (χ0) is 13.2. The monoisotopic (exact) mass is 237 g/mol. The molecular formula is C12H23N5. The number of nitrogens with two attached hydrogens (primary N) is 1. The third-order valence-corrected chi connectivity index (χ3v) is 3.36. The predicted molar refractivity (Wildman–Crippen MR) is 71.9 cm³/mol. The van der Waals surface area contributed by atoms with Crippen molar-refractivity contribution in [2.45, 2.75) is 40.7 Å². The van der Waals surface area contributed by atoms with Crippen LogP contribution in [0.25, 0.3) is 0 Å². The molecule has 5 heteroatoms. The molecule has 0 saturated carbocycles. The standard InChI is InChI=1S/C12H23N5/c1-8-10(16-13)14-7-15-11(8)17(6)9(2)12(3,4)5/h7,9H,13H2,1-6H3,(H,14,15,16). The fourth-order valence-electron chi connectivity index (χ4n) is 1.71. The second kappa shape index (κ2) is 4.87. The predicted octanol–water partition coefficient (Wildman–Crippen LogP) is 1.94. The molecule has 1 atom stereocenters. The van der Waals surface area contributed by atoms with E-state index in [0.717, 1.165) is 11.4 Å². The molecule has 0 bridgehead atoms. The van der Waals surface area contributed by atoms with Gasteiger partial charge in [0.1, 0.15) is 18.0 Å². The van der Waals surface area contributed by atoms with E-state index in [4.69, 9.17) is 5.84 Å². The zero-order valence-corrected chi connectivity index (χ0v) is 11.6. The topological polar surface area (TPSA) is 67.1 Å². The van der Waals surface area contributed by atoms with Crippen LogP contribution in [0.1, 0.15) is 33.3 Å². The number of hydrogen-bond donors (Lipinski definition) is 2. The fourth-order valence-corrected chi connectivity index (χ4v) is 1.71. The number of anilines is 2. The fraction of sp³-hybridized carbons (Fsp3) is 0.667. The summed E-state index contributed by atoms with van der Waals surface area (Å²) in [6.07, 6.45) is 1.53. The van der Waals surface area contributed by atoms with Gasteiger partial charge in [0.15, 0.2) is 0 Å². The highest BCUT2D eigenvalue weighted by Crippen LogP contribution is 2.29. The number of nitrogen functional groups attached to an aromatic ring is 1. The minimum Gasteiger partial charge on any atom is -0.356 e. The lowest BCUT2D eigenvalue weighted by Crippen LogP contribution is -2.40. The normalized spacial score (nSPS) is 13.4. The Bertz CT molecular complexity index is 383. The van der Waals surface area contributed by atoms with Gasteiger partial charge in [-0.05, 0) is 19.3 Å². The Morgan fingerprint density at radius 3 is 2.41 bits per heavy atom. The smallest absolute Gasteiger partial charge is 0.148 e. The average Bonchev–Trinajstić information content (AvgIpc) is 2.26. The highest BCUT2D eigenvalue weighted by molar-refractivity contribution is 5.57. The van der Waals surface area contributed by atoms with Crippen molar-refractivity contribution < 1.29 is 0 Å². The lowest BCUT2D eigenvalue weighted by molar-refractivity contribution is 0.328. The van der Waals surface area contributed by atoms with Crippen molar-refractivity contribution in [1.29, 1.82) is 0 Å². The first-order valence-electron chi connectivity index (χ1n) is 5.80. The molecule has 0 aromatic carbocycles. The van der Waals surface area contributed by atoms with Crippen LogP contribution in [0, 0.1) is 12.3 Å². The van der Waals surface area contributed by atoms with Gasteiger partial charge in [0.2, 0.25) is 0 Å². The molecule has 0 saturated heterocycles. The molecular weight excluding hydrogens is 214 g/mol. The number of nitrogens with one attached hydrogen (secondary N) is 1. The van der Waals surface area contributed by atoms with E-state index in [-0.39, 0.29) is 5.41 Å². The molecule has 1 rings (SSSR count). The molecule has 96 valence electrons. The van der Waals surface area contributed by atoms with Gasteiger partial charge >= 0.3 is 0 Å². The van der Waals surface area contributed by atoms with E-state index in [0.29, 0.717) is 11.9 Å². The average molecular weight is 237 g/mol. The largest absolute Gasteiger partial charge is 0.356 e. The number of nitrogens with zero attached hydrogens (tertiary/aromatic N) is 3. The van der Waals surface area contributed by atoms with E-state index < -0.39 is 0 Å². The van der Waals surface area contributed by atoms with Gasteiger partial charge in [-0.2, -0.15) is 0 Å². The van der Waals surface area contributed by atoms with Crippen LogP contribution in [0.2, 0.25) is 0 Å². The summed E-state index contributed by atoms with van der Waals surface area (Å²) in [4.78, 5) is 10.6. The summed E-state index contributed by atoms with van der Waals surface area (Å²) < 4.78 is 0. The van der Waals surface area contributed by atoms with Gasteiger partial charge in [-0.25, -0.2) is 15.8 Å². The van der Waals surface area contributed by atoms with Crippen LogP contribution >= 0.6 is 0 Å². The molecule has 1 unspecified atom stereocenters. The Kier molecular flexibility index (Phi) is 3.93. The van der Waals surface area contributed by atoms with Gasteiger partial charge in [-0.1, -0.05) is 20.8 Å². The van der Waals surface area contributed by atoms with Crippen molar-refractivity contribution in [2.75, 3.05) is 17.4 Å². The highest BCUT2D eigenvalue weighted by atomic mass is 15.3. The third kappa shape index (κ3) is 2.85. The van der Waals surface area contributed by atoms with E-state index in [1.165, 1.54) is 6.33 Å². The number of hydrazine groups is 1. The second-order valence-corrected chi connectivity index (χ2v) is 5.47. The summed E-state index contributed by atoms with van der Waals surface area (Å²) in [7, 11) is 2.05. The van der Waals surface area contributed by atoms with Gasteiger partial charge in [0.25, 0.3) is 0 Å². The maximum Gasteiger partial charge on any atom is 0.148 e. The van der Waals surface area contributed by atoms with Crippen molar-refractivity contribution in [2.24, 2.45) is 11.3 Å². The molecule has 1 aromatic rings. The zero-order valence-electron chi connectivity index (χ0n) is 11.6. The number of aromatic nitrogens is 2. The Morgan fingerprint density at radius 1 is 1.35 bits per heavy atom. The summed E-state index contributed by atoms with van der Waals surface area (Å²) in [6.45, 7) is 10.8. The third-order valence-electron chi connectivity index (χ3n) is 3.36. The van der Waals surface area contributed by atoms with Crippen LogP contribution in [0.5, 0.6) is 0 Å². The Labute approximate surface area is 103 Å². The molecule has 17 heavy (non-hydrogen) atoms. The van der Waals surface area contributed by atoms with Crippen LogP contribution in [0.3, 0.4) is 0 Å². The van der Waals surface area contributed by atoms with E-state index in [2.05, 4.69) is 48.0 Å². The van der Waals surface area contributed by atoms with Crippen LogP contribution in [-0.4, -0.2) is 23.1 Å². The van der Waals surface area contributed by atoms with Crippen molar-refractivity contribution in [3.63, 3.8) is 0 Å². The van der Waals surface area contributed by atoms with Crippen molar-refractivity contribution >= 4 is 11.6 Å². The molecule has 1 heterocycles. The molecule has 0 aliphatic heterocycles. The van der Waals surface area contributed by atoms with E-state index >= 15 is 0 Å². The van der Waals surface area contributed by atoms with Crippen molar-refractivity contribution in [3.05, 3.63) is 11.9 Å². The molecule has 5 nitrogen and oxygen atoms in total.